The van der Waals surface area contributed by atoms with Gasteiger partial charge < -0.3 is 11.1 Å². The van der Waals surface area contributed by atoms with Gasteiger partial charge in [0.1, 0.15) is 0 Å². The maximum Gasteiger partial charge on any atom is 0.235 e. The molecule has 18 heavy (non-hydrogen) atoms. The van der Waals surface area contributed by atoms with Gasteiger partial charge in [-0.2, -0.15) is 0 Å². The standard InChI is InChI=1S/C13H28N4O/c1-5-6-15-11(12(14)18)9-17-8-7-16(4)13(2,3)10-17/h11,15H,5-10H2,1-4H3,(H2,14,18). The summed E-state index contributed by atoms with van der Waals surface area (Å²) in [6, 6.07) is -0.232. The van der Waals surface area contributed by atoms with Gasteiger partial charge in [-0.3, -0.25) is 14.6 Å². The van der Waals surface area contributed by atoms with E-state index in [0.29, 0.717) is 6.54 Å². The van der Waals surface area contributed by atoms with Crippen molar-refractivity contribution in [3.63, 3.8) is 0 Å². The van der Waals surface area contributed by atoms with E-state index in [9.17, 15) is 4.79 Å². The first kappa shape index (κ1) is 15.4. The van der Waals surface area contributed by atoms with Gasteiger partial charge in [0.25, 0.3) is 0 Å². The van der Waals surface area contributed by atoms with Crippen LogP contribution in [0, 0.1) is 0 Å². The SMILES string of the molecule is CCCNC(CN1CCN(C)C(C)(C)C1)C(N)=O. The van der Waals surface area contributed by atoms with E-state index in [0.717, 1.165) is 32.6 Å². The van der Waals surface area contributed by atoms with Crippen molar-refractivity contribution in [2.24, 2.45) is 5.73 Å². The number of hydrogen-bond donors (Lipinski definition) is 2. The van der Waals surface area contributed by atoms with E-state index >= 15 is 0 Å². The van der Waals surface area contributed by atoms with E-state index in [1.165, 1.54) is 0 Å². The second-order valence-corrected chi connectivity index (χ2v) is 5.88. The van der Waals surface area contributed by atoms with Crippen molar-refractivity contribution in [1.82, 2.24) is 15.1 Å². The molecule has 1 amide bonds. The molecule has 0 aromatic carbocycles. The largest absolute Gasteiger partial charge is 0.368 e. The summed E-state index contributed by atoms with van der Waals surface area (Å²) in [5, 5.41) is 3.22. The number of amides is 1. The Morgan fingerprint density at radius 1 is 1.44 bits per heavy atom. The highest BCUT2D eigenvalue weighted by atomic mass is 16.1. The summed E-state index contributed by atoms with van der Waals surface area (Å²) in [5.41, 5.74) is 5.61. The van der Waals surface area contributed by atoms with Crippen LogP contribution in [0.15, 0.2) is 0 Å². The van der Waals surface area contributed by atoms with Crippen LogP contribution in [0.3, 0.4) is 0 Å². The summed E-state index contributed by atoms with van der Waals surface area (Å²) in [7, 11) is 2.15. The molecule has 0 aromatic rings. The van der Waals surface area contributed by atoms with Crippen molar-refractivity contribution in [3.05, 3.63) is 0 Å². The van der Waals surface area contributed by atoms with Crippen LogP contribution in [0.5, 0.6) is 0 Å². The molecule has 0 aromatic heterocycles. The molecule has 0 radical (unpaired) electrons. The van der Waals surface area contributed by atoms with Gasteiger partial charge in [-0.25, -0.2) is 0 Å². The molecule has 0 aliphatic carbocycles. The number of nitrogens with two attached hydrogens (primary N) is 1. The van der Waals surface area contributed by atoms with Crippen molar-refractivity contribution in [2.75, 3.05) is 39.8 Å². The van der Waals surface area contributed by atoms with Crippen LogP contribution >= 0.6 is 0 Å². The zero-order valence-electron chi connectivity index (χ0n) is 12.2. The number of rotatable bonds is 6. The van der Waals surface area contributed by atoms with E-state index in [4.69, 9.17) is 5.73 Å². The average Bonchev–Trinajstić information content (AvgIpc) is 2.28. The molecule has 1 rings (SSSR count). The van der Waals surface area contributed by atoms with Gasteiger partial charge in [-0.05, 0) is 33.9 Å². The lowest BCUT2D eigenvalue weighted by atomic mass is 9.99. The van der Waals surface area contributed by atoms with E-state index in [1.54, 1.807) is 0 Å². The molecule has 0 saturated carbocycles. The van der Waals surface area contributed by atoms with Crippen molar-refractivity contribution in [2.45, 2.75) is 38.8 Å². The van der Waals surface area contributed by atoms with Gasteiger partial charge in [0, 0.05) is 31.7 Å². The fourth-order valence-corrected chi connectivity index (χ4v) is 2.33. The zero-order chi connectivity index (χ0) is 13.8. The Morgan fingerprint density at radius 2 is 2.11 bits per heavy atom. The third-order valence-corrected chi connectivity index (χ3v) is 3.82. The molecule has 106 valence electrons. The fourth-order valence-electron chi connectivity index (χ4n) is 2.33. The molecule has 5 heteroatoms. The molecule has 3 N–H and O–H groups in total. The molecule has 0 bridgehead atoms. The number of carbonyl (C=O) groups excluding carboxylic acids is 1. The molecule has 1 atom stereocenters. The fraction of sp³-hybridized carbons (Fsp3) is 0.923. The Morgan fingerprint density at radius 3 is 2.61 bits per heavy atom. The Balaban J connectivity index is 2.51. The van der Waals surface area contributed by atoms with Crippen LogP contribution in [0.4, 0.5) is 0 Å². The van der Waals surface area contributed by atoms with Gasteiger partial charge >= 0.3 is 0 Å². The summed E-state index contributed by atoms with van der Waals surface area (Å²) >= 11 is 0. The zero-order valence-corrected chi connectivity index (χ0v) is 12.2. The van der Waals surface area contributed by atoms with E-state index < -0.39 is 0 Å². The topological polar surface area (TPSA) is 61.6 Å². The Bertz CT molecular complexity index is 280. The number of primary amides is 1. The number of piperazine rings is 1. The maximum atomic E-state index is 11.4. The lowest BCUT2D eigenvalue weighted by Crippen LogP contribution is -2.60. The van der Waals surface area contributed by atoms with Gasteiger partial charge in [0.15, 0.2) is 0 Å². The van der Waals surface area contributed by atoms with Gasteiger partial charge in [0.2, 0.25) is 5.91 Å². The van der Waals surface area contributed by atoms with Crippen LogP contribution in [-0.4, -0.2) is 67.1 Å². The highest BCUT2D eigenvalue weighted by Crippen LogP contribution is 2.18. The Kier molecular flexibility index (Phi) is 5.56. The molecule has 1 fully saturated rings. The van der Waals surface area contributed by atoms with E-state index in [-0.39, 0.29) is 17.5 Å². The number of likely N-dealkylation sites (N-methyl/N-ethyl adjacent to an activating group) is 1. The Labute approximate surface area is 111 Å². The lowest BCUT2D eigenvalue weighted by Gasteiger charge is -2.46. The molecular weight excluding hydrogens is 228 g/mol. The van der Waals surface area contributed by atoms with Crippen molar-refractivity contribution >= 4 is 5.91 Å². The van der Waals surface area contributed by atoms with E-state index in [1.807, 2.05) is 0 Å². The van der Waals surface area contributed by atoms with Crippen molar-refractivity contribution in [1.29, 1.82) is 0 Å². The van der Waals surface area contributed by atoms with Crippen LogP contribution < -0.4 is 11.1 Å². The average molecular weight is 256 g/mol. The molecule has 1 heterocycles. The van der Waals surface area contributed by atoms with Crippen molar-refractivity contribution in [3.8, 4) is 0 Å². The van der Waals surface area contributed by atoms with Crippen LogP contribution in [0.2, 0.25) is 0 Å². The predicted molar refractivity (Wildman–Crippen MR) is 74.4 cm³/mol. The molecule has 5 nitrogen and oxygen atoms in total. The smallest absolute Gasteiger partial charge is 0.235 e. The van der Waals surface area contributed by atoms with Gasteiger partial charge in [0.05, 0.1) is 6.04 Å². The summed E-state index contributed by atoms with van der Waals surface area (Å²) in [4.78, 5) is 16.1. The van der Waals surface area contributed by atoms with Crippen molar-refractivity contribution < 1.29 is 4.79 Å². The highest BCUT2D eigenvalue weighted by Gasteiger charge is 2.32. The lowest BCUT2D eigenvalue weighted by molar-refractivity contribution is -0.120. The first-order chi connectivity index (χ1) is 8.36. The van der Waals surface area contributed by atoms with Gasteiger partial charge in [-0.15, -0.1) is 0 Å². The number of carbonyl (C=O) groups is 1. The quantitative estimate of drug-likeness (QED) is 0.695. The molecule has 1 aliphatic heterocycles. The number of nitrogens with one attached hydrogen (secondary N) is 1. The minimum atomic E-state index is -0.250. The van der Waals surface area contributed by atoms with Gasteiger partial charge in [-0.1, -0.05) is 6.92 Å². The van der Waals surface area contributed by atoms with Crippen LogP contribution in [0.1, 0.15) is 27.2 Å². The molecule has 1 aliphatic rings. The number of nitrogens with zero attached hydrogens (tertiary/aromatic N) is 2. The summed E-state index contributed by atoms with van der Waals surface area (Å²) in [6.07, 6.45) is 1.01. The van der Waals surface area contributed by atoms with Crippen LogP contribution in [-0.2, 0) is 4.79 Å². The summed E-state index contributed by atoms with van der Waals surface area (Å²) in [5.74, 6) is -0.250. The third-order valence-electron chi connectivity index (χ3n) is 3.82. The summed E-state index contributed by atoms with van der Waals surface area (Å²) in [6.45, 7) is 11.1. The minimum Gasteiger partial charge on any atom is -0.368 e. The second-order valence-electron chi connectivity index (χ2n) is 5.88. The first-order valence-corrected chi connectivity index (χ1v) is 6.83. The maximum absolute atomic E-state index is 11.4. The molecular formula is C13H28N4O. The Hall–Kier alpha value is -0.650. The monoisotopic (exact) mass is 256 g/mol. The molecule has 0 spiro atoms. The molecule has 1 unspecified atom stereocenters. The first-order valence-electron chi connectivity index (χ1n) is 6.83. The number of hydrogen-bond acceptors (Lipinski definition) is 4. The van der Waals surface area contributed by atoms with E-state index in [2.05, 4.69) is 42.9 Å². The normalized spacial score (nSPS) is 22.9. The summed E-state index contributed by atoms with van der Waals surface area (Å²) < 4.78 is 0. The molecule has 1 saturated heterocycles. The second kappa shape index (κ2) is 6.50. The predicted octanol–water partition coefficient (Wildman–Crippen LogP) is -0.134. The van der Waals surface area contributed by atoms with Crippen LogP contribution in [0.25, 0.3) is 0 Å². The third kappa shape index (κ3) is 4.23. The minimum absolute atomic E-state index is 0.158. The highest BCUT2D eigenvalue weighted by molar-refractivity contribution is 5.80.